The van der Waals surface area contributed by atoms with E-state index in [0.29, 0.717) is 10.9 Å². The number of carbonyl (C=O) groups excluding carboxylic acids is 2. The van der Waals surface area contributed by atoms with E-state index in [4.69, 9.17) is 4.42 Å². The summed E-state index contributed by atoms with van der Waals surface area (Å²) in [6.45, 7) is 1.83. The van der Waals surface area contributed by atoms with Crippen LogP contribution in [0.15, 0.2) is 56.6 Å². The minimum absolute atomic E-state index is 0.210. The number of hydrogen-bond acceptors (Lipinski definition) is 7. The van der Waals surface area contributed by atoms with E-state index in [0.717, 1.165) is 10.5 Å². The molecule has 1 aromatic heterocycles. The van der Waals surface area contributed by atoms with Crippen molar-refractivity contribution in [3.8, 4) is 5.75 Å². The summed E-state index contributed by atoms with van der Waals surface area (Å²) in [7, 11) is 1.62. The molecule has 0 bridgehead atoms. The standard InChI is InChI=1S/C20H16N2O5S/c1-10-7-8-13-12(9-10)17(23)15(20(26)27-13)21-19(25)16-18(24)11-5-3-4-6-14(11)28-22(16)2/h3-9,16,23H,1-2H3,(H,21,25). The normalized spacial score (nSPS) is 16.8. The van der Waals surface area contributed by atoms with Crippen LogP contribution >= 0.6 is 11.9 Å². The third kappa shape index (κ3) is 2.96. The predicted molar refractivity (Wildman–Crippen MR) is 106 cm³/mol. The Morgan fingerprint density at radius 1 is 1.21 bits per heavy atom. The summed E-state index contributed by atoms with van der Waals surface area (Å²) in [6.07, 6.45) is 0. The zero-order valence-corrected chi connectivity index (χ0v) is 15.9. The first-order valence-corrected chi connectivity index (χ1v) is 9.25. The maximum atomic E-state index is 12.8. The quantitative estimate of drug-likeness (QED) is 0.390. The van der Waals surface area contributed by atoms with Crippen molar-refractivity contribution in [1.29, 1.82) is 0 Å². The lowest BCUT2D eigenvalue weighted by Gasteiger charge is -2.30. The van der Waals surface area contributed by atoms with Crippen LogP contribution in [0.4, 0.5) is 5.69 Å². The number of nitrogens with zero attached hydrogens (tertiary/aromatic N) is 1. The molecule has 1 amide bonds. The number of amides is 1. The molecule has 7 nitrogen and oxygen atoms in total. The van der Waals surface area contributed by atoms with Crippen LogP contribution in [-0.2, 0) is 4.79 Å². The summed E-state index contributed by atoms with van der Waals surface area (Å²) in [6, 6.07) is 10.8. The van der Waals surface area contributed by atoms with Crippen molar-refractivity contribution in [2.75, 3.05) is 12.4 Å². The Morgan fingerprint density at radius 2 is 1.96 bits per heavy atom. The minimum atomic E-state index is -1.15. The Labute approximate surface area is 164 Å². The summed E-state index contributed by atoms with van der Waals surface area (Å²) >= 11 is 1.26. The molecule has 1 aliphatic rings. The number of fused-ring (bicyclic) bond motifs is 2. The van der Waals surface area contributed by atoms with Gasteiger partial charge in [-0.25, -0.2) is 9.10 Å². The van der Waals surface area contributed by atoms with Crippen LogP contribution in [0.2, 0.25) is 0 Å². The average molecular weight is 396 g/mol. The zero-order valence-electron chi connectivity index (χ0n) is 15.1. The highest BCUT2D eigenvalue weighted by Gasteiger charge is 2.38. The maximum Gasteiger partial charge on any atom is 0.364 e. The molecule has 0 saturated carbocycles. The summed E-state index contributed by atoms with van der Waals surface area (Å²) in [4.78, 5) is 38.7. The van der Waals surface area contributed by atoms with Crippen molar-refractivity contribution in [3.05, 3.63) is 64.0 Å². The van der Waals surface area contributed by atoms with Crippen LogP contribution in [0.25, 0.3) is 11.0 Å². The SMILES string of the molecule is Cc1ccc2oc(=O)c(NC(=O)C3C(=O)c4ccccc4SN3C)c(O)c2c1. The fourth-order valence-corrected chi connectivity index (χ4v) is 4.17. The van der Waals surface area contributed by atoms with E-state index >= 15 is 0 Å². The van der Waals surface area contributed by atoms with E-state index in [1.54, 1.807) is 43.4 Å². The molecular formula is C20H16N2O5S. The molecule has 2 aromatic carbocycles. The van der Waals surface area contributed by atoms with Crippen molar-refractivity contribution in [2.24, 2.45) is 0 Å². The van der Waals surface area contributed by atoms with Gasteiger partial charge in [0.1, 0.15) is 5.58 Å². The number of anilines is 1. The molecule has 2 N–H and O–H groups in total. The number of likely N-dealkylation sites (N-methyl/N-ethyl adjacent to an activating group) is 1. The van der Waals surface area contributed by atoms with Crippen molar-refractivity contribution in [2.45, 2.75) is 17.9 Å². The Bertz CT molecular complexity index is 1190. The van der Waals surface area contributed by atoms with Crippen molar-refractivity contribution >= 4 is 40.3 Å². The molecule has 28 heavy (non-hydrogen) atoms. The topological polar surface area (TPSA) is 99.8 Å². The first-order chi connectivity index (χ1) is 13.4. The Balaban J connectivity index is 1.71. The van der Waals surface area contributed by atoms with Crippen LogP contribution in [0.5, 0.6) is 5.75 Å². The van der Waals surface area contributed by atoms with E-state index in [9.17, 15) is 19.5 Å². The molecular weight excluding hydrogens is 380 g/mol. The van der Waals surface area contributed by atoms with Gasteiger partial charge in [0.2, 0.25) is 0 Å². The van der Waals surface area contributed by atoms with Gasteiger partial charge in [-0.1, -0.05) is 29.8 Å². The molecule has 0 radical (unpaired) electrons. The van der Waals surface area contributed by atoms with Gasteiger partial charge in [0.25, 0.3) is 5.91 Å². The fourth-order valence-electron chi connectivity index (χ4n) is 3.16. The van der Waals surface area contributed by atoms with Crippen molar-refractivity contribution in [3.63, 3.8) is 0 Å². The summed E-state index contributed by atoms with van der Waals surface area (Å²) < 4.78 is 6.71. The molecule has 1 atom stereocenters. The van der Waals surface area contributed by atoms with Crippen molar-refractivity contribution in [1.82, 2.24) is 4.31 Å². The monoisotopic (exact) mass is 396 g/mol. The molecule has 1 unspecified atom stereocenters. The molecule has 142 valence electrons. The number of aromatic hydroxyl groups is 1. The average Bonchev–Trinajstić information content (AvgIpc) is 2.66. The Kier molecular flexibility index (Phi) is 4.44. The lowest BCUT2D eigenvalue weighted by molar-refractivity contribution is -0.118. The van der Waals surface area contributed by atoms with Gasteiger partial charge < -0.3 is 14.8 Å². The first-order valence-electron chi connectivity index (χ1n) is 8.48. The van der Waals surface area contributed by atoms with E-state index in [1.165, 1.54) is 16.3 Å². The number of ketones is 1. The second kappa shape index (κ2) is 6.81. The zero-order chi connectivity index (χ0) is 20.0. The van der Waals surface area contributed by atoms with Crippen LogP contribution < -0.4 is 10.9 Å². The Hall–Kier alpha value is -3.10. The smallest absolute Gasteiger partial charge is 0.364 e. The molecule has 0 fully saturated rings. The van der Waals surface area contributed by atoms with Gasteiger partial charge in [-0.15, -0.1) is 0 Å². The van der Waals surface area contributed by atoms with Gasteiger partial charge in [0.05, 0.1) is 5.39 Å². The van der Waals surface area contributed by atoms with Crippen LogP contribution in [-0.4, -0.2) is 34.2 Å². The van der Waals surface area contributed by atoms with Gasteiger partial charge in [0, 0.05) is 10.5 Å². The molecule has 4 rings (SSSR count). The highest BCUT2D eigenvalue weighted by atomic mass is 32.2. The highest BCUT2D eigenvalue weighted by Crippen LogP contribution is 2.35. The van der Waals surface area contributed by atoms with E-state index in [1.807, 2.05) is 13.0 Å². The fraction of sp³-hybridized carbons (Fsp3) is 0.150. The molecule has 2 heterocycles. The summed E-state index contributed by atoms with van der Waals surface area (Å²) in [5.74, 6) is -1.48. The highest BCUT2D eigenvalue weighted by molar-refractivity contribution is 7.97. The number of Topliss-reactive ketones (excluding diaryl/α,β-unsaturated/α-hetero) is 1. The molecule has 0 saturated heterocycles. The number of rotatable bonds is 2. The largest absolute Gasteiger partial charge is 0.505 e. The third-order valence-corrected chi connectivity index (χ3v) is 5.59. The number of carbonyl (C=O) groups is 2. The molecule has 1 aliphatic heterocycles. The van der Waals surface area contributed by atoms with Gasteiger partial charge in [-0.3, -0.25) is 9.59 Å². The molecule has 3 aromatic rings. The van der Waals surface area contributed by atoms with E-state index in [2.05, 4.69) is 5.32 Å². The number of aryl methyl sites for hydroxylation is 1. The first kappa shape index (κ1) is 18.3. The van der Waals surface area contributed by atoms with E-state index < -0.39 is 17.6 Å². The maximum absolute atomic E-state index is 12.8. The van der Waals surface area contributed by atoms with Gasteiger partial charge >= 0.3 is 5.63 Å². The van der Waals surface area contributed by atoms with Gasteiger partial charge in [-0.2, -0.15) is 0 Å². The van der Waals surface area contributed by atoms with Gasteiger partial charge in [0.15, 0.2) is 23.3 Å². The number of hydrogen-bond donors (Lipinski definition) is 2. The van der Waals surface area contributed by atoms with Gasteiger partial charge in [-0.05, 0) is 44.1 Å². The number of nitrogens with one attached hydrogen (secondary N) is 1. The molecule has 0 spiro atoms. The van der Waals surface area contributed by atoms with E-state index in [-0.39, 0.29) is 22.8 Å². The van der Waals surface area contributed by atoms with Crippen molar-refractivity contribution < 1.29 is 19.1 Å². The predicted octanol–water partition coefficient (Wildman–Crippen LogP) is 2.95. The second-order valence-corrected chi connectivity index (χ2v) is 7.70. The lowest BCUT2D eigenvalue weighted by atomic mass is 10.0. The number of benzene rings is 2. The molecule has 0 aliphatic carbocycles. The molecule has 8 heteroatoms. The Morgan fingerprint density at radius 3 is 2.75 bits per heavy atom. The lowest BCUT2D eigenvalue weighted by Crippen LogP contribution is -2.47. The second-order valence-electron chi connectivity index (χ2n) is 6.50. The van der Waals surface area contributed by atoms with Crippen LogP contribution in [0.3, 0.4) is 0 Å². The third-order valence-electron chi connectivity index (χ3n) is 4.54. The minimum Gasteiger partial charge on any atom is -0.505 e. The summed E-state index contributed by atoms with van der Waals surface area (Å²) in [5, 5.41) is 13.2. The van der Waals surface area contributed by atoms with Crippen LogP contribution in [0, 0.1) is 6.92 Å². The van der Waals surface area contributed by atoms with Crippen LogP contribution in [0.1, 0.15) is 15.9 Å². The summed E-state index contributed by atoms with van der Waals surface area (Å²) in [5.41, 5.74) is 0.232.